The molecule has 0 saturated heterocycles. The van der Waals surface area contributed by atoms with E-state index >= 15 is 0 Å². The minimum absolute atomic E-state index is 0.268. The maximum Gasteiger partial charge on any atom is 0.132 e. The number of halogens is 1. The molecule has 1 unspecified atom stereocenters. The number of aliphatic hydroxyl groups is 1. The number of hydrogen-bond donors (Lipinski definition) is 1. The predicted molar refractivity (Wildman–Crippen MR) is 76.1 cm³/mol. The molecule has 2 rings (SSSR count). The predicted octanol–water partition coefficient (Wildman–Crippen LogP) is 3.40. The Morgan fingerprint density at radius 1 is 1.00 bits per heavy atom. The first-order valence-corrected chi connectivity index (χ1v) is 6.45. The lowest BCUT2D eigenvalue weighted by Gasteiger charge is -2.13. The average molecular weight is 340 g/mol. The highest BCUT2D eigenvalue weighted by molar-refractivity contribution is 14.1. The molecular formula is C14H13IO2. The molecule has 0 aliphatic heterocycles. The number of hydrogen-bond acceptors (Lipinski definition) is 2. The van der Waals surface area contributed by atoms with Crippen molar-refractivity contribution < 1.29 is 9.84 Å². The summed E-state index contributed by atoms with van der Waals surface area (Å²) in [5.74, 6) is 0.808. The molecule has 0 fully saturated rings. The Bertz CT molecular complexity index is 471. The number of rotatable bonds is 4. The summed E-state index contributed by atoms with van der Waals surface area (Å²) < 4.78 is 6.64. The Labute approximate surface area is 114 Å². The largest absolute Gasteiger partial charge is 0.489 e. The molecule has 1 atom stereocenters. The Hall–Kier alpha value is -1.07. The standard InChI is InChI=1S/C14H13IO2/c15-12-8-4-5-9-14(12)17-10-13(16)11-6-2-1-3-7-11/h1-9,13,16H,10H2. The molecule has 0 saturated carbocycles. The van der Waals surface area contributed by atoms with Gasteiger partial charge in [-0.1, -0.05) is 42.5 Å². The highest BCUT2D eigenvalue weighted by atomic mass is 127. The van der Waals surface area contributed by atoms with Crippen molar-refractivity contribution in [2.75, 3.05) is 6.61 Å². The van der Waals surface area contributed by atoms with Gasteiger partial charge in [-0.15, -0.1) is 0 Å². The van der Waals surface area contributed by atoms with Crippen LogP contribution in [0.1, 0.15) is 11.7 Å². The second-order valence-corrected chi connectivity index (χ2v) is 4.83. The van der Waals surface area contributed by atoms with Gasteiger partial charge in [-0.05, 0) is 40.3 Å². The smallest absolute Gasteiger partial charge is 0.132 e. The first kappa shape index (κ1) is 12.4. The van der Waals surface area contributed by atoms with E-state index in [1.165, 1.54) is 0 Å². The molecule has 0 aliphatic rings. The quantitative estimate of drug-likeness (QED) is 0.865. The lowest BCUT2D eigenvalue weighted by atomic mass is 10.1. The van der Waals surface area contributed by atoms with E-state index in [0.717, 1.165) is 14.9 Å². The van der Waals surface area contributed by atoms with Crippen LogP contribution in [0.25, 0.3) is 0 Å². The zero-order chi connectivity index (χ0) is 12.1. The third-order valence-corrected chi connectivity index (χ3v) is 3.31. The van der Waals surface area contributed by atoms with Gasteiger partial charge in [0.2, 0.25) is 0 Å². The van der Waals surface area contributed by atoms with Gasteiger partial charge in [0.25, 0.3) is 0 Å². The van der Waals surface area contributed by atoms with E-state index in [0.29, 0.717) is 0 Å². The van der Waals surface area contributed by atoms with Crippen molar-refractivity contribution >= 4 is 22.6 Å². The maximum atomic E-state index is 9.95. The summed E-state index contributed by atoms with van der Waals surface area (Å²) in [6, 6.07) is 17.3. The van der Waals surface area contributed by atoms with E-state index in [4.69, 9.17) is 4.74 Å². The van der Waals surface area contributed by atoms with E-state index in [-0.39, 0.29) is 6.61 Å². The van der Waals surface area contributed by atoms with Gasteiger partial charge in [0.15, 0.2) is 0 Å². The van der Waals surface area contributed by atoms with E-state index in [1.807, 2.05) is 54.6 Å². The normalized spacial score (nSPS) is 12.1. The highest BCUT2D eigenvalue weighted by Gasteiger charge is 2.08. The van der Waals surface area contributed by atoms with Crippen molar-refractivity contribution in [3.05, 3.63) is 63.7 Å². The Morgan fingerprint density at radius 2 is 1.65 bits per heavy atom. The Kier molecular flexibility index (Phi) is 4.39. The summed E-state index contributed by atoms with van der Waals surface area (Å²) in [5.41, 5.74) is 0.874. The van der Waals surface area contributed by atoms with Crippen LogP contribution in [0.3, 0.4) is 0 Å². The first-order valence-electron chi connectivity index (χ1n) is 5.37. The molecule has 2 aromatic rings. The van der Waals surface area contributed by atoms with Crippen molar-refractivity contribution in [1.29, 1.82) is 0 Å². The van der Waals surface area contributed by atoms with E-state index in [2.05, 4.69) is 22.6 Å². The zero-order valence-corrected chi connectivity index (χ0v) is 11.4. The van der Waals surface area contributed by atoms with Crippen LogP contribution in [0.4, 0.5) is 0 Å². The minimum atomic E-state index is -0.591. The Balaban J connectivity index is 1.97. The van der Waals surface area contributed by atoms with Crippen LogP contribution in [-0.4, -0.2) is 11.7 Å². The van der Waals surface area contributed by atoms with Crippen LogP contribution in [0.15, 0.2) is 54.6 Å². The number of ether oxygens (including phenoxy) is 1. The summed E-state index contributed by atoms with van der Waals surface area (Å²) in [4.78, 5) is 0. The van der Waals surface area contributed by atoms with Crippen molar-refractivity contribution in [2.24, 2.45) is 0 Å². The molecule has 17 heavy (non-hydrogen) atoms. The van der Waals surface area contributed by atoms with Crippen molar-refractivity contribution in [2.45, 2.75) is 6.10 Å². The number of benzene rings is 2. The minimum Gasteiger partial charge on any atom is -0.489 e. The molecule has 0 aromatic heterocycles. The van der Waals surface area contributed by atoms with E-state index in [9.17, 15) is 5.11 Å². The molecule has 2 nitrogen and oxygen atoms in total. The average Bonchev–Trinajstić information content (AvgIpc) is 2.38. The Morgan fingerprint density at radius 3 is 2.35 bits per heavy atom. The third kappa shape index (κ3) is 3.44. The van der Waals surface area contributed by atoms with Crippen LogP contribution in [0.5, 0.6) is 5.75 Å². The van der Waals surface area contributed by atoms with Crippen LogP contribution in [0.2, 0.25) is 0 Å². The van der Waals surface area contributed by atoms with Crippen LogP contribution < -0.4 is 4.74 Å². The van der Waals surface area contributed by atoms with E-state index in [1.54, 1.807) is 0 Å². The zero-order valence-electron chi connectivity index (χ0n) is 9.21. The maximum absolute atomic E-state index is 9.95. The lowest BCUT2D eigenvalue weighted by Crippen LogP contribution is -2.10. The highest BCUT2D eigenvalue weighted by Crippen LogP contribution is 2.21. The van der Waals surface area contributed by atoms with Gasteiger partial charge in [-0.3, -0.25) is 0 Å². The fourth-order valence-corrected chi connectivity index (χ4v) is 2.05. The molecule has 88 valence electrons. The summed E-state index contributed by atoms with van der Waals surface area (Å²) >= 11 is 2.22. The van der Waals surface area contributed by atoms with Crippen molar-refractivity contribution in [1.82, 2.24) is 0 Å². The monoisotopic (exact) mass is 340 g/mol. The number of para-hydroxylation sites is 1. The second kappa shape index (κ2) is 6.02. The SMILES string of the molecule is OC(COc1ccccc1I)c1ccccc1. The fraction of sp³-hybridized carbons (Fsp3) is 0.143. The van der Waals surface area contributed by atoms with Crippen molar-refractivity contribution in [3.8, 4) is 5.75 Å². The molecule has 0 heterocycles. The van der Waals surface area contributed by atoms with Gasteiger partial charge in [-0.25, -0.2) is 0 Å². The summed E-state index contributed by atoms with van der Waals surface area (Å²) in [5, 5.41) is 9.95. The molecule has 0 spiro atoms. The fourth-order valence-electron chi connectivity index (χ4n) is 1.50. The van der Waals surface area contributed by atoms with Gasteiger partial charge < -0.3 is 9.84 Å². The molecule has 2 aromatic carbocycles. The summed E-state index contributed by atoms with van der Waals surface area (Å²) in [6.07, 6.45) is -0.591. The summed E-state index contributed by atoms with van der Waals surface area (Å²) in [6.45, 7) is 0.268. The van der Waals surface area contributed by atoms with Crippen molar-refractivity contribution in [3.63, 3.8) is 0 Å². The van der Waals surface area contributed by atoms with Crippen LogP contribution in [-0.2, 0) is 0 Å². The van der Waals surface area contributed by atoms with Gasteiger partial charge >= 0.3 is 0 Å². The third-order valence-electron chi connectivity index (χ3n) is 2.42. The molecule has 0 amide bonds. The van der Waals surface area contributed by atoms with Crippen LogP contribution in [0, 0.1) is 3.57 Å². The molecule has 1 N–H and O–H groups in total. The first-order chi connectivity index (χ1) is 8.27. The van der Waals surface area contributed by atoms with Gasteiger partial charge in [0, 0.05) is 0 Å². The molecule has 0 bridgehead atoms. The van der Waals surface area contributed by atoms with Crippen LogP contribution >= 0.6 is 22.6 Å². The molecule has 0 aliphatic carbocycles. The molecular weight excluding hydrogens is 327 g/mol. The second-order valence-electron chi connectivity index (χ2n) is 3.67. The molecule has 3 heteroatoms. The molecule has 0 radical (unpaired) electrons. The van der Waals surface area contributed by atoms with Gasteiger partial charge in [0.1, 0.15) is 18.5 Å². The number of aliphatic hydroxyl groups excluding tert-OH is 1. The topological polar surface area (TPSA) is 29.5 Å². The summed E-state index contributed by atoms with van der Waals surface area (Å²) in [7, 11) is 0. The van der Waals surface area contributed by atoms with E-state index < -0.39 is 6.10 Å². The van der Waals surface area contributed by atoms with Gasteiger partial charge in [0.05, 0.1) is 3.57 Å². The lowest BCUT2D eigenvalue weighted by molar-refractivity contribution is 0.107. The van der Waals surface area contributed by atoms with Gasteiger partial charge in [-0.2, -0.15) is 0 Å².